The van der Waals surface area contributed by atoms with Gasteiger partial charge in [0.15, 0.2) is 0 Å². The highest BCUT2D eigenvalue weighted by atomic mass is 19.1. The molecule has 2 heterocycles. The first-order valence-corrected chi connectivity index (χ1v) is 7.12. The molecule has 0 radical (unpaired) electrons. The lowest BCUT2D eigenvalue weighted by Crippen LogP contribution is -2.50. The van der Waals surface area contributed by atoms with Crippen LogP contribution in [-0.2, 0) is 0 Å². The number of aliphatic hydroxyl groups is 1. The number of hydrogen-bond donors (Lipinski definition) is 1. The molecule has 4 heteroatoms. The standard InChI is InChI=1S/C15H21FN2O/c1-11(19)15-13(16)5-2-6-14(15)18-9-8-17-7-3-4-12(17)10-18/h2,5-6,11-12,19H,3-4,7-10H2,1H3/t11-,12?/m1/s1. The normalized spacial score (nSPS) is 25.4. The molecule has 1 aromatic carbocycles. The van der Waals surface area contributed by atoms with Gasteiger partial charge in [-0.1, -0.05) is 6.07 Å². The third kappa shape index (κ3) is 2.35. The highest BCUT2D eigenvalue weighted by molar-refractivity contribution is 5.55. The zero-order valence-electron chi connectivity index (χ0n) is 11.3. The molecule has 0 aromatic heterocycles. The third-order valence-electron chi connectivity index (χ3n) is 4.38. The number of rotatable bonds is 2. The van der Waals surface area contributed by atoms with Crippen LogP contribution in [0.1, 0.15) is 31.4 Å². The highest BCUT2D eigenvalue weighted by Gasteiger charge is 2.31. The summed E-state index contributed by atoms with van der Waals surface area (Å²) in [7, 11) is 0. The van der Waals surface area contributed by atoms with Crippen LogP contribution >= 0.6 is 0 Å². The number of nitrogens with zero attached hydrogens (tertiary/aromatic N) is 2. The number of fused-ring (bicyclic) bond motifs is 1. The highest BCUT2D eigenvalue weighted by Crippen LogP contribution is 2.32. The second kappa shape index (κ2) is 5.10. The van der Waals surface area contributed by atoms with Gasteiger partial charge in [-0.05, 0) is 38.4 Å². The lowest BCUT2D eigenvalue weighted by atomic mass is 10.0. The Morgan fingerprint density at radius 2 is 2.16 bits per heavy atom. The molecular weight excluding hydrogens is 243 g/mol. The number of piperazine rings is 1. The van der Waals surface area contributed by atoms with E-state index < -0.39 is 6.10 Å². The quantitative estimate of drug-likeness (QED) is 0.887. The summed E-state index contributed by atoms with van der Waals surface area (Å²) in [5.41, 5.74) is 1.30. The molecule has 3 rings (SSSR count). The Bertz CT molecular complexity index is 463. The monoisotopic (exact) mass is 264 g/mol. The smallest absolute Gasteiger partial charge is 0.131 e. The van der Waals surface area contributed by atoms with E-state index in [0.717, 1.165) is 25.3 Å². The average molecular weight is 264 g/mol. The van der Waals surface area contributed by atoms with Gasteiger partial charge in [-0.15, -0.1) is 0 Å². The van der Waals surface area contributed by atoms with Crippen molar-refractivity contribution in [3.8, 4) is 0 Å². The maximum atomic E-state index is 13.9. The van der Waals surface area contributed by atoms with E-state index in [0.29, 0.717) is 11.6 Å². The van der Waals surface area contributed by atoms with Crippen LogP contribution < -0.4 is 4.90 Å². The van der Waals surface area contributed by atoms with Crippen molar-refractivity contribution in [1.29, 1.82) is 0 Å². The second-order valence-corrected chi connectivity index (χ2v) is 5.63. The van der Waals surface area contributed by atoms with Crippen LogP contribution in [0.3, 0.4) is 0 Å². The van der Waals surface area contributed by atoms with Crippen LogP contribution in [0.2, 0.25) is 0 Å². The van der Waals surface area contributed by atoms with E-state index >= 15 is 0 Å². The summed E-state index contributed by atoms with van der Waals surface area (Å²) in [5, 5.41) is 9.83. The molecule has 2 atom stereocenters. The van der Waals surface area contributed by atoms with Gasteiger partial charge in [-0.2, -0.15) is 0 Å². The number of aliphatic hydroxyl groups excluding tert-OH is 1. The van der Waals surface area contributed by atoms with E-state index in [1.54, 1.807) is 13.0 Å². The summed E-state index contributed by atoms with van der Waals surface area (Å²) in [6.45, 7) is 5.74. The summed E-state index contributed by atoms with van der Waals surface area (Å²) in [4.78, 5) is 4.76. The fourth-order valence-corrected chi connectivity index (χ4v) is 3.42. The lowest BCUT2D eigenvalue weighted by molar-refractivity contribution is 0.193. The van der Waals surface area contributed by atoms with Crippen LogP contribution in [0.5, 0.6) is 0 Å². The van der Waals surface area contributed by atoms with E-state index in [9.17, 15) is 9.50 Å². The van der Waals surface area contributed by atoms with Crippen molar-refractivity contribution in [3.05, 3.63) is 29.6 Å². The van der Waals surface area contributed by atoms with Gasteiger partial charge in [0.2, 0.25) is 0 Å². The fraction of sp³-hybridized carbons (Fsp3) is 0.600. The average Bonchev–Trinajstić information content (AvgIpc) is 2.85. The maximum absolute atomic E-state index is 13.9. The summed E-state index contributed by atoms with van der Waals surface area (Å²) >= 11 is 0. The topological polar surface area (TPSA) is 26.7 Å². The van der Waals surface area contributed by atoms with Gasteiger partial charge in [0.05, 0.1) is 6.10 Å². The number of halogens is 1. The van der Waals surface area contributed by atoms with E-state index in [1.165, 1.54) is 25.5 Å². The van der Waals surface area contributed by atoms with Gasteiger partial charge in [0.1, 0.15) is 5.82 Å². The van der Waals surface area contributed by atoms with Crippen molar-refractivity contribution >= 4 is 5.69 Å². The zero-order valence-corrected chi connectivity index (χ0v) is 11.3. The van der Waals surface area contributed by atoms with Gasteiger partial charge in [-0.25, -0.2) is 4.39 Å². The summed E-state index contributed by atoms with van der Waals surface area (Å²) in [6, 6.07) is 5.68. The van der Waals surface area contributed by atoms with Gasteiger partial charge >= 0.3 is 0 Å². The summed E-state index contributed by atoms with van der Waals surface area (Å²) in [6.07, 6.45) is 1.73. The molecule has 0 aliphatic carbocycles. The van der Waals surface area contributed by atoms with Crippen molar-refractivity contribution in [3.63, 3.8) is 0 Å². The second-order valence-electron chi connectivity index (χ2n) is 5.63. The third-order valence-corrected chi connectivity index (χ3v) is 4.38. The molecule has 2 aliphatic rings. The van der Waals surface area contributed by atoms with Gasteiger partial charge in [-0.3, -0.25) is 4.90 Å². The van der Waals surface area contributed by atoms with Crippen LogP contribution in [0.25, 0.3) is 0 Å². The van der Waals surface area contributed by atoms with E-state index in [4.69, 9.17) is 0 Å². The molecule has 19 heavy (non-hydrogen) atoms. The zero-order chi connectivity index (χ0) is 13.4. The van der Waals surface area contributed by atoms with Crippen molar-refractivity contribution in [2.75, 3.05) is 31.1 Å². The lowest BCUT2D eigenvalue weighted by Gasteiger charge is -2.39. The number of hydrogen-bond acceptors (Lipinski definition) is 3. The molecule has 0 bridgehead atoms. The molecule has 2 fully saturated rings. The van der Waals surface area contributed by atoms with Gasteiger partial charge in [0, 0.05) is 36.9 Å². The van der Waals surface area contributed by atoms with Crippen molar-refractivity contribution < 1.29 is 9.50 Å². The molecular formula is C15H21FN2O. The van der Waals surface area contributed by atoms with Crippen LogP contribution in [0.4, 0.5) is 10.1 Å². The Balaban J connectivity index is 1.88. The molecule has 1 aromatic rings. The minimum Gasteiger partial charge on any atom is -0.389 e. The Kier molecular flexibility index (Phi) is 3.46. The van der Waals surface area contributed by atoms with Crippen molar-refractivity contribution in [2.45, 2.75) is 31.9 Å². The van der Waals surface area contributed by atoms with Crippen molar-refractivity contribution in [2.24, 2.45) is 0 Å². The summed E-state index contributed by atoms with van der Waals surface area (Å²) < 4.78 is 13.9. The molecule has 0 amide bonds. The molecule has 1 N–H and O–H groups in total. The van der Waals surface area contributed by atoms with E-state index in [2.05, 4.69) is 9.80 Å². The van der Waals surface area contributed by atoms with Crippen LogP contribution in [-0.4, -0.2) is 42.2 Å². The number of benzene rings is 1. The van der Waals surface area contributed by atoms with Crippen LogP contribution in [0.15, 0.2) is 18.2 Å². The Labute approximate surface area is 113 Å². The predicted octanol–water partition coefficient (Wildman–Crippen LogP) is 2.16. The Morgan fingerprint density at radius 3 is 2.95 bits per heavy atom. The molecule has 2 saturated heterocycles. The SMILES string of the molecule is C[C@@H](O)c1c(F)cccc1N1CCN2CCCC2C1. The Morgan fingerprint density at radius 1 is 1.32 bits per heavy atom. The number of anilines is 1. The molecule has 3 nitrogen and oxygen atoms in total. The largest absolute Gasteiger partial charge is 0.389 e. The molecule has 2 aliphatic heterocycles. The predicted molar refractivity (Wildman–Crippen MR) is 73.8 cm³/mol. The first-order chi connectivity index (χ1) is 9.16. The van der Waals surface area contributed by atoms with Gasteiger partial charge < -0.3 is 10.0 Å². The van der Waals surface area contributed by atoms with Gasteiger partial charge in [0.25, 0.3) is 0 Å². The molecule has 1 unspecified atom stereocenters. The molecule has 104 valence electrons. The minimum atomic E-state index is -0.766. The Hall–Kier alpha value is -1.13. The van der Waals surface area contributed by atoms with E-state index in [1.807, 2.05) is 6.07 Å². The minimum absolute atomic E-state index is 0.304. The molecule has 0 saturated carbocycles. The van der Waals surface area contributed by atoms with Crippen LogP contribution in [0, 0.1) is 5.82 Å². The first kappa shape index (κ1) is 12.9. The van der Waals surface area contributed by atoms with Crippen molar-refractivity contribution in [1.82, 2.24) is 4.90 Å². The fourth-order valence-electron chi connectivity index (χ4n) is 3.42. The van der Waals surface area contributed by atoms with E-state index in [-0.39, 0.29) is 5.82 Å². The molecule has 0 spiro atoms. The summed E-state index contributed by atoms with van der Waals surface area (Å²) in [5.74, 6) is -0.304. The maximum Gasteiger partial charge on any atom is 0.131 e. The first-order valence-electron chi connectivity index (χ1n) is 7.12.